The van der Waals surface area contributed by atoms with Crippen molar-refractivity contribution in [2.45, 2.75) is 31.3 Å². The van der Waals surface area contributed by atoms with Gasteiger partial charge in [0.1, 0.15) is 11.3 Å². The first kappa shape index (κ1) is 16.8. The molecular weight excluding hydrogens is 350 g/mol. The van der Waals surface area contributed by atoms with Gasteiger partial charge in [0.2, 0.25) is 11.1 Å². The molecule has 1 amide bonds. The van der Waals surface area contributed by atoms with Gasteiger partial charge in [0.05, 0.1) is 17.9 Å². The minimum atomic E-state index is -0.374. The molecule has 0 fully saturated rings. The van der Waals surface area contributed by atoms with Crippen molar-refractivity contribution >= 4 is 40.0 Å². The molecular formula is C14H17N5O3S2. The summed E-state index contributed by atoms with van der Waals surface area (Å²) in [5.74, 6) is 5.13. The first-order valence-electron chi connectivity index (χ1n) is 7.49. The summed E-state index contributed by atoms with van der Waals surface area (Å²) in [7, 11) is 0. The van der Waals surface area contributed by atoms with Crippen LogP contribution in [-0.2, 0) is 22.4 Å². The Bertz CT molecular complexity index is 771. The number of thioether (sulfide) groups is 1. The van der Waals surface area contributed by atoms with Crippen molar-refractivity contribution in [2.75, 3.05) is 23.5 Å². The lowest BCUT2D eigenvalue weighted by Crippen LogP contribution is -2.17. The van der Waals surface area contributed by atoms with Crippen molar-refractivity contribution in [2.24, 2.45) is 0 Å². The summed E-state index contributed by atoms with van der Waals surface area (Å²) in [6.07, 6.45) is 4.18. The second-order valence-electron chi connectivity index (χ2n) is 5.14. The quantitative estimate of drug-likeness (QED) is 0.451. The first-order chi connectivity index (χ1) is 11.6. The van der Waals surface area contributed by atoms with E-state index in [9.17, 15) is 9.59 Å². The number of carbonyl (C=O) groups excluding carboxylic acids is 2. The van der Waals surface area contributed by atoms with E-state index in [4.69, 9.17) is 10.6 Å². The van der Waals surface area contributed by atoms with Crippen LogP contribution in [0.5, 0.6) is 0 Å². The van der Waals surface area contributed by atoms with Crippen molar-refractivity contribution in [1.82, 2.24) is 14.9 Å². The number of fused-ring (bicyclic) bond motifs is 1. The van der Waals surface area contributed by atoms with E-state index >= 15 is 0 Å². The van der Waals surface area contributed by atoms with Gasteiger partial charge in [-0.1, -0.05) is 11.8 Å². The van der Waals surface area contributed by atoms with Gasteiger partial charge in [-0.05, 0) is 31.7 Å². The molecule has 0 saturated carbocycles. The number of carbonyl (C=O) groups is 2. The zero-order valence-electron chi connectivity index (χ0n) is 13.1. The monoisotopic (exact) mass is 367 g/mol. The third-order valence-corrected chi connectivity index (χ3v) is 5.69. The number of amides is 1. The van der Waals surface area contributed by atoms with Crippen LogP contribution in [0.1, 0.15) is 34.1 Å². The second-order valence-corrected chi connectivity index (χ2v) is 7.19. The number of hydrogen-bond acceptors (Lipinski definition) is 8. The van der Waals surface area contributed by atoms with Gasteiger partial charge in [-0.15, -0.1) is 21.5 Å². The van der Waals surface area contributed by atoms with Crippen LogP contribution in [-0.4, -0.2) is 39.1 Å². The average molecular weight is 367 g/mol. The van der Waals surface area contributed by atoms with Gasteiger partial charge >= 0.3 is 5.97 Å². The molecule has 2 aromatic rings. The molecule has 0 bridgehead atoms. The van der Waals surface area contributed by atoms with Crippen LogP contribution < -0.4 is 11.2 Å². The molecule has 2 aromatic heterocycles. The van der Waals surface area contributed by atoms with E-state index in [2.05, 4.69) is 15.5 Å². The average Bonchev–Trinajstić information content (AvgIpc) is 3.21. The van der Waals surface area contributed by atoms with Gasteiger partial charge in [-0.2, -0.15) is 0 Å². The number of aryl methyl sites for hydroxylation is 1. The maximum absolute atomic E-state index is 12.2. The molecule has 1 aliphatic carbocycles. The van der Waals surface area contributed by atoms with Crippen LogP contribution in [0, 0.1) is 0 Å². The summed E-state index contributed by atoms with van der Waals surface area (Å²) in [6.45, 7) is 2.07. The summed E-state index contributed by atoms with van der Waals surface area (Å²) < 4.78 is 6.39. The van der Waals surface area contributed by atoms with Crippen LogP contribution >= 0.6 is 23.1 Å². The Hall–Kier alpha value is -2.07. The van der Waals surface area contributed by atoms with Crippen molar-refractivity contribution in [3.8, 4) is 0 Å². The molecule has 3 N–H and O–H groups in total. The fraction of sp³-hybridized carbons (Fsp3) is 0.429. The third-order valence-electron chi connectivity index (χ3n) is 3.53. The Kier molecular flexibility index (Phi) is 5.05. The van der Waals surface area contributed by atoms with E-state index in [1.54, 1.807) is 6.92 Å². The number of esters is 1. The highest BCUT2D eigenvalue weighted by atomic mass is 32.2. The third kappa shape index (κ3) is 3.39. The standard InChI is InChI=1S/C14H17N5O3S2/c1-2-22-13(21)11-8-4-3-5-9(8)24-12(11)17-10(20)6-23-14-18-16-7-19(14)15/h7H,2-6,15H2,1H3,(H,17,20). The highest BCUT2D eigenvalue weighted by molar-refractivity contribution is 7.99. The second kappa shape index (κ2) is 7.22. The normalized spacial score (nSPS) is 12.9. The van der Waals surface area contributed by atoms with Gasteiger partial charge < -0.3 is 15.9 Å². The minimum Gasteiger partial charge on any atom is -0.462 e. The Morgan fingerprint density at radius 3 is 3.04 bits per heavy atom. The highest BCUT2D eigenvalue weighted by Crippen LogP contribution is 2.39. The number of hydrogen-bond donors (Lipinski definition) is 2. The van der Waals surface area contributed by atoms with Gasteiger partial charge in [0.25, 0.3) is 0 Å². The van der Waals surface area contributed by atoms with Crippen LogP contribution in [0.2, 0.25) is 0 Å². The van der Waals surface area contributed by atoms with E-state index in [0.29, 0.717) is 22.3 Å². The van der Waals surface area contributed by atoms with Gasteiger partial charge in [-0.25, -0.2) is 9.47 Å². The number of ether oxygens (including phenoxy) is 1. The smallest absolute Gasteiger partial charge is 0.341 e. The molecule has 128 valence electrons. The topological polar surface area (TPSA) is 112 Å². The van der Waals surface area contributed by atoms with Gasteiger partial charge in [-0.3, -0.25) is 4.79 Å². The Morgan fingerprint density at radius 2 is 2.33 bits per heavy atom. The molecule has 10 heteroatoms. The molecule has 2 heterocycles. The SMILES string of the molecule is CCOC(=O)c1c(NC(=O)CSc2nncn2N)sc2c1CCC2. The van der Waals surface area contributed by atoms with Gasteiger partial charge in [0, 0.05) is 4.88 Å². The highest BCUT2D eigenvalue weighted by Gasteiger charge is 2.28. The Balaban J connectivity index is 1.71. The van der Waals surface area contributed by atoms with Crippen molar-refractivity contribution in [3.63, 3.8) is 0 Å². The maximum Gasteiger partial charge on any atom is 0.341 e. The van der Waals surface area contributed by atoms with Crippen LogP contribution in [0.25, 0.3) is 0 Å². The molecule has 0 spiro atoms. The first-order valence-corrected chi connectivity index (χ1v) is 9.29. The van der Waals surface area contributed by atoms with Crippen molar-refractivity contribution < 1.29 is 14.3 Å². The van der Waals surface area contributed by atoms with E-state index in [-0.39, 0.29) is 17.6 Å². The molecule has 0 radical (unpaired) electrons. The molecule has 8 nitrogen and oxygen atoms in total. The molecule has 0 unspecified atom stereocenters. The number of nitrogens with two attached hydrogens (primary N) is 1. The molecule has 0 atom stereocenters. The molecule has 0 aliphatic heterocycles. The predicted molar refractivity (Wildman–Crippen MR) is 91.8 cm³/mol. The van der Waals surface area contributed by atoms with E-state index in [0.717, 1.165) is 29.7 Å². The lowest BCUT2D eigenvalue weighted by atomic mass is 10.1. The number of nitrogens with zero attached hydrogens (tertiary/aromatic N) is 3. The number of nitrogens with one attached hydrogen (secondary N) is 1. The lowest BCUT2D eigenvalue weighted by molar-refractivity contribution is -0.113. The minimum absolute atomic E-state index is 0.126. The number of thiophene rings is 1. The fourth-order valence-electron chi connectivity index (χ4n) is 2.54. The summed E-state index contributed by atoms with van der Waals surface area (Å²) in [5, 5.41) is 11.3. The molecule has 3 rings (SSSR count). The molecule has 24 heavy (non-hydrogen) atoms. The summed E-state index contributed by atoms with van der Waals surface area (Å²) in [6, 6.07) is 0. The van der Waals surface area contributed by atoms with Crippen molar-refractivity contribution in [3.05, 3.63) is 22.3 Å². The predicted octanol–water partition coefficient (Wildman–Crippen LogP) is 1.45. The van der Waals surface area contributed by atoms with Gasteiger partial charge in [0.15, 0.2) is 0 Å². The summed E-state index contributed by atoms with van der Waals surface area (Å²) in [5.41, 5.74) is 1.53. The lowest BCUT2D eigenvalue weighted by Gasteiger charge is -2.07. The zero-order valence-corrected chi connectivity index (χ0v) is 14.7. The number of rotatable bonds is 6. The van der Waals surface area contributed by atoms with Crippen LogP contribution in [0.4, 0.5) is 5.00 Å². The fourth-order valence-corrected chi connectivity index (χ4v) is 4.47. The summed E-state index contributed by atoms with van der Waals surface area (Å²) >= 11 is 2.63. The Morgan fingerprint density at radius 1 is 1.50 bits per heavy atom. The van der Waals surface area contributed by atoms with Crippen LogP contribution in [0.3, 0.4) is 0 Å². The zero-order chi connectivity index (χ0) is 17.1. The van der Waals surface area contributed by atoms with E-state index < -0.39 is 0 Å². The number of aromatic nitrogens is 3. The van der Waals surface area contributed by atoms with Crippen molar-refractivity contribution in [1.29, 1.82) is 0 Å². The van der Waals surface area contributed by atoms with E-state index in [1.165, 1.54) is 34.1 Å². The molecule has 1 aliphatic rings. The molecule has 0 aromatic carbocycles. The number of anilines is 1. The summed E-state index contributed by atoms with van der Waals surface area (Å²) in [4.78, 5) is 25.6. The van der Waals surface area contributed by atoms with E-state index in [1.807, 2.05) is 0 Å². The maximum atomic E-state index is 12.2. The van der Waals surface area contributed by atoms with Crippen LogP contribution in [0.15, 0.2) is 11.5 Å². The largest absolute Gasteiger partial charge is 0.462 e. The number of nitrogen functional groups attached to an aromatic ring is 1. The Labute approximate surface area is 146 Å². The molecule has 0 saturated heterocycles.